The van der Waals surface area contributed by atoms with Crippen molar-refractivity contribution in [2.45, 2.75) is 19.4 Å². The molecule has 1 radical (unpaired) electrons. The number of fused-ring (bicyclic) bond motifs is 2. The third kappa shape index (κ3) is 3.05. The van der Waals surface area contributed by atoms with Crippen LogP contribution in [0.5, 0.6) is 0 Å². The van der Waals surface area contributed by atoms with Gasteiger partial charge in [0.05, 0.1) is 16.6 Å². The third-order valence-electron chi connectivity index (χ3n) is 4.03. The normalized spacial score (nSPS) is 12.2. The first-order chi connectivity index (χ1) is 11.9. The number of rotatable bonds is 3. The third-order valence-corrected chi connectivity index (χ3v) is 4.59. The van der Waals surface area contributed by atoms with Gasteiger partial charge in [0.2, 0.25) is 0 Å². The Morgan fingerprint density at radius 2 is 1.92 bits per heavy atom. The number of para-hydroxylation sites is 1. The number of hydrogen-bond acceptors (Lipinski definition) is 3. The highest BCUT2D eigenvalue weighted by Crippen LogP contribution is 2.35. The van der Waals surface area contributed by atoms with E-state index in [9.17, 15) is 5.11 Å². The molecule has 4 rings (SSSR count). The van der Waals surface area contributed by atoms with Gasteiger partial charge in [-0.25, -0.2) is 0 Å². The second-order valence-electron chi connectivity index (χ2n) is 6.63. The summed E-state index contributed by atoms with van der Waals surface area (Å²) in [6, 6.07) is 16.3. The number of nitrogens with zero attached hydrogens (tertiary/aromatic N) is 3. The number of pyridine rings is 1. The van der Waals surface area contributed by atoms with E-state index in [4.69, 9.17) is 0 Å². The molecule has 0 aliphatic rings. The SMILES string of the molecule is CC(C)(O)[CH]n1nc(Br)c2c(-c3cnc4ccccc4c3)cccc21. The Labute approximate surface area is 154 Å². The molecule has 125 valence electrons. The number of aromatic nitrogens is 3. The van der Waals surface area contributed by atoms with Gasteiger partial charge in [0.25, 0.3) is 0 Å². The molecule has 0 aliphatic heterocycles. The zero-order chi connectivity index (χ0) is 17.6. The second kappa shape index (κ2) is 5.93. The van der Waals surface area contributed by atoms with Crippen LogP contribution in [0.1, 0.15) is 13.8 Å². The maximum atomic E-state index is 10.1. The topological polar surface area (TPSA) is 50.9 Å². The minimum Gasteiger partial charge on any atom is -0.388 e. The predicted octanol–water partition coefficient (Wildman–Crippen LogP) is 4.79. The average Bonchev–Trinajstić information content (AvgIpc) is 2.89. The minimum absolute atomic E-state index is 0.742. The molecule has 5 heteroatoms. The van der Waals surface area contributed by atoms with Crippen molar-refractivity contribution in [3.05, 3.63) is 65.9 Å². The van der Waals surface area contributed by atoms with Crippen LogP contribution in [0, 0.1) is 6.54 Å². The second-order valence-corrected chi connectivity index (χ2v) is 7.39. The maximum absolute atomic E-state index is 10.1. The first-order valence-electron chi connectivity index (χ1n) is 8.03. The van der Waals surface area contributed by atoms with Gasteiger partial charge >= 0.3 is 0 Å². The van der Waals surface area contributed by atoms with Crippen LogP contribution in [0.15, 0.2) is 59.3 Å². The van der Waals surface area contributed by atoms with Crippen molar-refractivity contribution in [2.24, 2.45) is 0 Å². The summed E-state index contributed by atoms with van der Waals surface area (Å²) >= 11 is 3.57. The fourth-order valence-corrected chi connectivity index (χ4v) is 3.59. The monoisotopic (exact) mass is 394 g/mol. The van der Waals surface area contributed by atoms with Crippen LogP contribution < -0.4 is 0 Å². The van der Waals surface area contributed by atoms with E-state index in [0.717, 1.165) is 37.5 Å². The Balaban J connectivity index is 1.92. The molecule has 2 aromatic carbocycles. The molecule has 0 aliphatic carbocycles. The Hall–Kier alpha value is -2.24. The van der Waals surface area contributed by atoms with Gasteiger partial charge in [-0.1, -0.05) is 30.3 Å². The van der Waals surface area contributed by atoms with Crippen LogP contribution >= 0.6 is 15.9 Å². The molecule has 0 fully saturated rings. The summed E-state index contributed by atoms with van der Waals surface area (Å²) in [6.45, 7) is 5.15. The van der Waals surface area contributed by atoms with Gasteiger partial charge in [-0.3, -0.25) is 9.67 Å². The number of aliphatic hydroxyl groups is 1. The van der Waals surface area contributed by atoms with E-state index in [1.807, 2.05) is 36.5 Å². The van der Waals surface area contributed by atoms with Crippen LogP contribution in [0.4, 0.5) is 0 Å². The quantitative estimate of drug-likeness (QED) is 0.543. The molecule has 0 amide bonds. The largest absolute Gasteiger partial charge is 0.388 e. The Kier molecular flexibility index (Phi) is 3.85. The highest BCUT2D eigenvalue weighted by Gasteiger charge is 2.20. The van der Waals surface area contributed by atoms with Crippen molar-refractivity contribution >= 4 is 37.7 Å². The van der Waals surface area contributed by atoms with E-state index in [0.29, 0.717) is 0 Å². The zero-order valence-corrected chi connectivity index (χ0v) is 15.5. The highest BCUT2D eigenvalue weighted by molar-refractivity contribution is 9.10. The molecule has 2 heterocycles. The van der Waals surface area contributed by atoms with Crippen molar-refractivity contribution in [2.75, 3.05) is 0 Å². The standard InChI is InChI=1S/C20H17BrN3O/c1-20(2,25)12-24-17-9-5-7-15(18(17)19(21)23-24)14-10-13-6-3-4-8-16(13)22-11-14/h3-12,25H,1-2H3. The summed E-state index contributed by atoms with van der Waals surface area (Å²) in [5, 5.41) is 16.7. The van der Waals surface area contributed by atoms with Crippen LogP contribution in [0.2, 0.25) is 0 Å². The van der Waals surface area contributed by atoms with Crippen molar-refractivity contribution in [1.82, 2.24) is 14.8 Å². The molecule has 2 aromatic heterocycles. The fourth-order valence-electron chi connectivity index (χ4n) is 3.00. The molecular weight excluding hydrogens is 378 g/mol. The van der Waals surface area contributed by atoms with Crippen LogP contribution in [-0.4, -0.2) is 25.5 Å². The lowest BCUT2D eigenvalue weighted by Gasteiger charge is -2.16. The lowest BCUT2D eigenvalue weighted by molar-refractivity contribution is 0.107. The lowest BCUT2D eigenvalue weighted by atomic mass is 10.0. The van der Waals surface area contributed by atoms with Gasteiger partial charge in [-0.2, -0.15) is 5.10 Å². The fraction of sp³-hybridized carbons (Fsp3) is 0.150. The number of halogens is 1. The Morgan fingerprint density at radius 1 is 1.12 bits per heavy atom. The molecule has 0 unspecified atom stereocenters. The zero-order valence-electron chi connectivity index (χ0n) is 13.9. The van der Waals surface area contributed by atoms with E-state index in [2.05, 4.69) is 44.2 Å². The lowest BCUT2D eigenvalue weighted by Crippen LogP contribution is -2.24. The van der Waals surface area contributed by atoms with Gasteiger partial charge in [0.15, 0.2) is 0 Å². The van der Waals surface area contributed by atoms with E-state index in [-0.39, 0.29) is 0 Å². The Morgan fingerprint density at radius 3 is 2.72 bits per heavy atom. The molecule has 4 aromatic rings. The molecule has 0 saturated carbocycles. The Bertz CT molecular complexity index is 1080. The summed E-state index contributed by atoms with van der Waals surface area (Å²) in [6.07, 6.45) is 1.89. The highest BCUT2D eigenvalue weighted by atomic mass is 79.9. The minimum atomic E-state index is -0.959. The molecule has 0 spiro atoms. The van der Waals surface area contributed by atoms with E-state index < -0.39 is 5.60 Å². The smallest absolute Gasteiger partial charge is 0.136 e. The van der Waals surface area contributed by atoms with Gasteiger partial charge in [0, 0.05) is 22.5 Å². The average molecular weight is 395 g/mol. The van der Waals surface area contributed by atoms with Crippen molar-refractivity contribution < 1.29 is 5.11 Å². The van der Waals surface area contributed by atoms with Gasteiger partial charge in [0.1, 0.15) is 11.1 Å². The van der Waals surface area contributed by atoms with Crippen molar-refractivity contribution in [1.29, 1.82) is 0 Å². The van der Waals surface area contributed by atoms with Crippen molar-refractivity contribution in [3.8, 4) is 11.1 Å². The van der Waals surface area contributed by atoms with Crippen LogP contribution in [-0.2, 0) is 0 Å². The molecule has 1 N–H and O–H groups in total. The molecule has 0 saturated heterocycles. The predicted molar refractivity (Wildman–Crippen MR) is 104 cm³/mol. The van der Waals surface area contributed by atoms with Gasteiger partial charge < -0.3 is 5.11 Å². The van der Waals surface area contributed by atoms with Crippen molar-refractivity contribution in [3.63, 3.8) is 0 Å². The molecule has 25 heavy (non-hydrogen) atoms. The first-order valence-corrected chi connectivity index (χ1v) is 8.82. The van der Waals surface area contributed by atoms with E-state index >= 15 is 0 Å². The first kappa shape index (κ1) is 16.2. The van der Waals surface area contributed by atoms with Gasteiger partial charge in [-0.05, 0) is 53.5 Å². The summed E-state index contributed by atoms with van der Waals surface area (Å²) in [4.78, 5) is 4.57. The summed E-state index contributed by atoms with van der Waals surface area (Å²) in [5.41, 5.74) is 3.04. The van der Waals surface area contributed by atoms with Crippen LogP contribution in [0.25, 0.3) is 32.9 Å². The molecule has 0 bridgehead atoms. The summed E-state index contributed by atoms with van der Waals surface area (Å²) in [7, 11) is 0. The molecule has 0 atom stereocenters. The van der Waals surface area contributed by atoms with E-state index in [1.165, 1.54) is 0 Å². The maximum Gasteiger partial charge on any atom is 0.136 e. The summed E-state index contributed by atoms with van der Waals surface area (Å²) in [5.74, 6) is 0. The van der Waals surface area contributed by atoms with Gasteiger partial charge in [-0.15, -0.1) is 0 Å². The number of hydrogen-bond donors (Lipinski definition) is 1. The van der Waals surface area contributed by atoms with E-state index in [1.54, 1.807) is 25.1 Å². The number of benzene rings is 2. The summed E-state index contributed by atoms with van der Waals surface area (Å²) < 4.78 is 2.46. The molecular formula is C20H17BrN3O. The van der Waals surface area contributed by atoms with Crippen LogP contribution in [0.3, 0.4) is 0 Å². The molecule has 4 nitrogen and oxygen atoms in total.